The van der Waals surface area contributed by atoms with Crippen molar-refractivity contribution in [3.63, 3.8) is 0 Å². The van der Waals surface area contributed by atoms with Crippen molar-refractivity contribution in [3.05, 3.63) is 248 Å². The summed E-state index contributed by atoms with van der Waals surface area (Å²) in [4.78, 5) is 2.37. The van der Waals surface area contributed by atoms with Crippen LogP contribution in [0.5, 0.6) is 0 Å². The summed E-state index contributed by atoms with van der Waals surface area (Å²) in [6, 6.07) is 87.1. The molecule has 0 saturated carbocycles. The molecule has 1 heterocycles. The highest BCUT2D eigenvalue weighted by atomic mass is 16.3. The SMILES string of the molecule is Cc1c(-c2cccc(-c3ccc(-c4ccc(N(c5ccc(-c6ccc(-c7cccc8ccccc78)cc6)cc5)c5ccccc5-c5ccccc5)cc4)cc3)c2)oc2ccccc12. The molecule has 0 saturated heterocycles. The summed E-state index contributed by atoms with van der Waals surface area (Å²) in [5.41, 5.74) is 18.3. The summed E-state index contributed by atoms with van der Waals surface area (Å²) in [5.74, 6) is 0.925. The van der Waals surface area contributed by atoms with Crippen LogP contribution in [-0.4, -0.2) is 0 Å². The molecule has 2 heteroatoms. The van der Waals surface area contributed by atoms with E-state index in [0.717, 1.165) is 50.5 Å². The Kier molecular flexibility index (Phi) is 9.80. The molecular formula is C61H43NO. The fraction of sp³-hybridized carbons (Fsp3) is 0.0164. The molecule has 0 spiro atoms. The number of benzene rings is 10. The van der Waals surface area contributed by atoms with Gasteiger partial charge in [-0.2, -0.15) is 0 Å². The largest absolute Gasteiger partial charge is 0.456 e. The Morgan fingerprint density at radius 2 is 0.762 bits per heavy atom. The van der Waals surface area contributed by atoms with Crippen LogP contribution in [0.1, 0.15) is 5.56 Å². The van der Waals surface area contributed by atoms with Gasteiger partial charge in [-0.1, -0.05) is 200 Å². The molecule has 0 aliphatic rings. The summed E-state index contributed by atoms with van der Waals surface area (Å²) in [6.45, 7) is 2.14. The van der Waals surface area contributed by atoms with Crippen LogP contribution in [-0.2, 0) is 0 Å². The molecule has 0 fully saturated rings. The Morgan fingerprint density at radius 1 is 0.317 bits per heavy atom. The number of hydrogen-bond acceptors (Lipinski definition) is 2. The number of rotatable bonds is 9. The highest BCUT2D eigenvalue weighted by Crippen LogP contribution is 2.42. The van der Waals surface area contributed by atoms with Crippen LogP contribution in [0.15, 0.2) is 247 Å². The minimum atomic E-state index is 0.919. The minimum Gasteiger partial charge on any atom is -0.456 e. The van der Waals surface area contributed by atoms with Crippen molar-refractivity contribution in [1.82, 2.24) is 0 Å². The average Bonchev–Trinajstić information content (AvgIpc) is 3.71. The lowest BCUT2D eigenvalue weighted by Crippen LogP contribution is -2.11. The van der Waals surface area contributed by atoms with Crippen molar-refractivity contribution < 1.29 is 4.42 Å². The number of para-hydroxylation sites is 2. The fourth-order valence-electron chi connectivity index (χ4n) is 9.03. The number of aryl methyl sites for hydroxylation is 1. The molecule has 0 aliphatic carbocycles. The molecule has 11 rings (SSSR count). The third kappa shape index (κ3) is 7.28. The Bertz CT molecular complexity index is 3360. The van der Waals surface area contributed by atoms with Gasteiger partial charge in [0, 0.05) is 33.5 Å². The van der Waals surface area contributed by atoms with Gasteiger partial charge in [-0.15, -0.1) is 0 Å². The first-order chi connectivity index (χ1) is 31.1. The quantitative estimate of drug-likeness (QED) is 0.144. The standard InChI is InChI=1S/C61H43NO/c1-42-55-19-8-10-24-60(55)63-61(42)52-18-11-17-51(41-52)47-27-25-43(26-28-47)45-33-37-53(38-34-45)62(59-23-9-7-21-58(59)49-13-3-2-4-14-49)54-39-35-46(36-40-54)44-29-31-50(32-30-44)57-22-12-16-48-15-5-6-20-56(48)57/h2-41H,1H3. The van der Waals surface area contributed by atoms with Gasteiger partial charge >= 0.3 is 0 Å². The number of hydrogen-bond donors (Lipinski definition) is 0. The van der Waals surface area contributed by atoms with E-state index < -0.39 is 0 Å². The molecule has 0 aliphatic heterocycles. The van der Waals surface area contributed by atoms with Crippen LogP contribution in [0.2, 0.25) is 0 Å². The lowest BCUT2D eigenvalue weighted by Gasteiger charge is -2.28. The molecule has 0 atom stereocenters. The predicted molar refractivity (Wildman–Crippen MR) is 266 cm³/mol. The molecular weight excluding hydrogens is 763 g/mol. The molecule has 1 aromatic heterocycles. The first-order valence-corrected chi connectivity index (χ1v) is 21.6. The predicted octanol–water partition coefficient (Wildman–Crippen LogP) is 17.4. The van der Waals surface area contributed by atoms with Gasteiger partial charge < -0.3 is 9.32 Å². The first-order valence-electron chi connectivity index (χ1n) is 21.6. The van der Waals surface area contributed by atoms with Crippen molar-refractivity contribution in [3.8, 4) is 67.0 Å². The lowest BCUT2D eigenvalue weighted by molar-refractivity contribution is 0.629. The second-order valence-corrected chi connectivity index (χ2v) is 16.1. The van der Waals surface area contributed by atoms with Gasteiger partial charge in [0.2, 0.25) is 0 Å². The highest BCUT2D eigenvalue weighted by Gasteiger charge is 2.18. The zero-order valence-corrected chi connectivity index (χ0v) is 34.9. The van der Waals surface area contributed by atoms with Crippen LogP contribution < -0.4 is 4.90 Å². The van der Waals surface area contributed by atoms with Crippen LogP contribution in [0.3, 0.4) is 0 Å². The fourth-order valence-corrected chi connectivity index (χ4v) is 9.03. The van der Waals surface area contributed by atoms with Crippen LogP contribution in [0, 0.1) is 6.92 Å². The smallest absolute Gasteiger partial charge is 0.138 e. The molecule has 10 aromatic carbocycles. The molecule has 11 aromatic rings. The van der Waals surface area contributed by atoms with Gasteiger partial charge in [0.15, 0.2) is 0 Å². The van der Waals surface area contributed by atoms with Gasteiger partial charge in [-0.05, 0) is 110 Å². The highest BCUT2D eigenvalue weighted by molar-refractivity contribution is 5.97. The van der Waals surface area contributed by atoms with E-state index in [1.807, 2.05) is 12.1 Å². The van der Waals surface area contributed by atoms with Gasteiger partial charge in [0.05, 0.1) is 5.69 Å². The molecule has 63 heavy (non-hydrogen) atoms. The summed E-state index contributed by atoms with van der Waals surface area (Å²) in [6.07, 6.45) is 0. The summed E-state index contributed by atoms with van der Waals surface area (Å²) in [5, 5.41) is 3.68. The Balaban J connectivity index is 0.896. The van der Waals surface area contributed by atoms with E-state index in [0.29, 0.717) is 0 Å². The van der Waals surface area contributed by atoms with Crippen molar-refractivity contribution in [2.24, 2.45) is 0 Å². The Morgan fingerprint density at radius 3 is 1.43 bits per heavy atom. The van der Waals surface area contributed by atoms with Gasteiger partial charge in [0.1, 0.15) is 11.3 Å². The molecule has 0 N–H and O–H groups in total. The number of nitrogens with zero attached hydrogens (tertiary/aromatic N) is 1. The molecule has 0 bridgehead atoms. The maximum Gasteiger partial charge on any atom is 0.138 e. The molecule has 298 valence electrons. The monoisotopic (exact) mass is 805 g/mol. The van der Waals surface area contributed by atoms with E-state index in [-0.39, 0.29) is 0 Å². The van der Waals surface area contributed by atoms with Crippen molar-refractivity contribution in [2.45, 2.75) is 6.92 Å². The topological polar surface area (TPSA) is 16.4 Å². The molecule has 2 nitrogen and oxygen atoms in total. The maximum atomic E-state index is 6.31. The lowest BCUT2D eigenvalue weighted by atomic mass is 9.96. The van der Waals surface area contributed by atoms with Crippen LogP contribution in [0.25, 0.3) is 88.7 Å². The number of anilines is 3. The summed E-state index contributed by atoms with van der Waals surface area (Å²) in [7, 11) is 0. The van der Waals surface area contributed by atoms with Crippen molar-refractivity contribution in [1.29, 1.82) is 0 Å². The molecule has 0 radical (unpaired) electrons. The van der Waals surface area contributed by atoms with E-state index in [1.54, 1.807) is 0 Å². The second kappa shape index (κ2) is 16.3. The van der Waals surface area contributed by atoms with E-state index in [9.17, 15) is 0 Å². The Labute approximate surface area is 368 Å². The summed E-state index contributed by atoms with van der Waals surface area (Å²) < 4.78 is 6.31. The van der Waals surface area contributed by atoms with Gasteiger partial charge in [-0.25, -0.2) is 0 Å². The van der Waals surface area contributed by atoms with Crippen LogP contribution in [0.4, 0.5) is 17.1 Å². The van der Waals surface area contributed by atoms with E-state index >= 15 is 0 Å². The number of fused-ring (bicyclic) bond motifs is 2. The zero-order chi connectivity index (χ0) is 42.1. The minimum absolute atomic E-state index is 0.919. The van der Waals surface area contributed by atoms with Gasteiger partial charge in [0.25, 0.3) is 0 Å². The second-order valence-electron chi connectivity index (χ2n) is 16.1. The van der Waals surface area contributed by atoms with E-state index in [4.69, 9.17) is 4.42 Å². The molecule has 0 amide bonds. The van der Waals surface area contributed by atoms with Crippen molar-refractivity contribution in [2.75, 3.05) is 4.90 Å². The maximum absolute atomic E-state index is 6.31. The van der Waals surface area contributed by atoms with Crippen molar-refractivity contribution >= 4 is 38.8 Å². The first kappa shape index (κ1) is 37.8. The normalized spacial score (nSPS) is 11.3. The van der Waals surface area contributed by atoms with E-state index in [2.05, 4.69) is 242 Å². The average molecular weight is 806 g/mol. The number of furan rings is 1. The summed E-state index contributed by atoms with van der Waals surface area (Å²) >= 11 is 0. The Hall–Kier alpha value is -8.20. The molecule has 0 unspecified atom stereocenters. The van der Waals surface area contributed by atoms with Crippen LogP contribution >= 0.6 is 0 Å². The van der Waals surface area contributed by atoms with Gasteiger partial charge in [-0.3, -0.25) is 0 Å². The zero-order valence-electron chi connectivity index (χ0n) is 34.9. The third-order valence-corrected chi connectivity index (χ3v) is 12.3. The van der Waals surface area contributed by atoms with E-state index in [1.165, 1.54) is 60.8 Å². The third-order valence-electron chi connectivity index (χ3n) is 12.3.